The van der Waals surface area contributed by atoms with Crippen LogP contribution in [0.1, 0.15) is 18.1 Å². The van der Waals surface area contributed by atoms with Crippen molar-refractivity contribution >= 4 is 25.8 Å². The summed E-state index contributed by atoms with van der Waals surface area (Å²) in [5, 5.41) is 10.1. The minimum Gasteiger partial charge on any atom is -0.388 e. The average Bonchev–Trinajstić information content (AvgIpc) is 2.61. The first kappa shape index (κ1) is 13.0. The van der Waals surface area contributed by atoms with Crippen LogP contribution in [0.15, 0.2) is 22.7 Å². The molecule has 1 aliphatic rings. The van der Waals surface area contributed by atoms with Gasteiger partial charge in [0, 0.05) is 10.4 Å². The lowest BCUT2D eigenvalue weighted by atomic mass is 9.95. The van der Waals surface area contributed by atoms with Gasteiger partial charge in [-0.05, 0) is 30.2 Å². The van der Waals surface area contributed by atoms with Gasteiger partial charge in [0.2, 0.25) is 0 Å². The highest BCUT2D eigenvalue weighted by molar-refractivity contribution is 9.10. The molecule has 0 saturated carbocycles. The molecule has 0 aromatic heterocycles. The second-order valence-electron chi connectivity index (χ2n) is 4.27. The van der Waals surface area contributed by atoms with Crippen LogP contribution in [0.25, 0.3) is 0 Å². The SMILES string of the molecule is O=S1(=O)CCC(C(O)c2cc(F)ccc2Br)C1. The van der Waals surface area contributed by atoms with Crippen molar-refractivity contribution in [3.63, 3.8) is 0 Å². The zero-order valence-electron chi connectivity index (χ0n) is 8.94. The monoisotopic (exact) mass is 322 g/mol. The molecule has 0 bridgehead atoms. The van der Waals surface area contributed by atoms with Crippen LogP contribution >= 0.6 is 15.9 Å². The topological polar surface area (TPSA) is 54.4 Å². The number of sulfone groups is 1. The van der Waals surface area contributed by atoms with Crippen LogP contribution in [-0.2, 0) is 9.84 Å². The molecule has 6 heteroatoms. The van der Waals surface area contributed by atoms with E-state index in [-0.39, 0.29) is 17.4 Å². The number of aliphatic hydroxyl groups excluding tert-OH is 1. The van der Waals surface area contributed by atoms with Gasteiger partial charge in [0.25, 0.3) is 0 Å². The summed E-state index contributed by atoms with van der Waals surface area (Å²) in [6.45, 7) is 0. The van der Waals surface area contributed by atoms with E-state index in [4.69, 9.17) is 0 Å². The third kappa shape index (κ3) is 2.86. The van der Waals surface area contributed by atoms with Crippen LogP contribution in [-0.4, -0.2) is 25.0 Å². The summed E-state index contributed by atoms with van der Waals surface area (Å²) in [6.07, 6.45) is -0.524. The van der Waals surface area contributed by atoms with Crippen LogP contribution in [0, 0.1) is 11.7 Å². The fourth-order valence-electron chi connectivity index (χ4n) is 2.07. The van der Waals surface area contributed by atoms with Crippen LogP contribution < -0.4 is 0 Å². The van der Waals surface area contributed by atoms with Crippen LogP contribution in [0.3, 0.4) is 0 Å². The lowest BCUT2D eigenvalue weighted by Gasteiger charge is -2.18. The molecular formula is C11H12BrFO3S. The number of hydrogen-bond donors (Lipinski definition) is 1. The molecule has 1 N–H and O–H groups in total. The Kier molecular flexibility index (Phi) is 3.56. The van der Waals surface area contributed by atoms with Gasteiger partial charge in [0.05, 0.1) is 17.6 Å². The Labute approximate surface area is 108 Å². The molecule has 0 aliphatic carbocycles. The molecule has 1 aromatic carbocycles. The highest BCUT2D eigenvalue weighted by Gasteiger charge is 2.34. The van der Waals surface area contributed by atoms with Gasteiger partial charge in [-0.2, -0.15) is 0 Å². The Morgan fingerprint density at radius 1 is 1.47 bits per heavy atom. The number of aliphatic hydroxyl groups is 1. The van der Waals surface area contributed by atoms with E-state index in [0.29, 0.717) is 16.5 Å². The Balaban J connectivity index is 2.26. The van der Waals surface area contributed by atoms with Crippen molar-refractivity contribution in [3.8, 4) is 0 Å². The van der Waals surface area contributed by atoms with E-state index >= 15 is 0 Å². The largest absolute Gasteiger partial charge is 0.388 e. The summed E-state index contributed by atoms with van der Waals surface area (Å²) in [5.41, 5.74) is 0.409. The quantitative estimate of drug-likeness (QED) is 0.906. The average molecular weight is 323 g/mol. The molecule has 0 spiro atoms. The van der Waals surface area contributed by atoms with Crippen molar-refractivity contribution in [2.45, 2.75) is 12.5 Å². The van der Waals surface area contributed by atoms with Crippen molar-refractivity contribution in [1.29, 1.82) is 0 Å². The van der Waals surface area contributed by atoms with E-state index in [0.717, 1.165) is 0 Å². The molecule has 0 radical (unpaired) electrons. The van der Waals surface area contributed by atoms with Gasteiger partial charge in [-0.1, -0.05) is 15.9 Å². The minimum absolute atomic E-state index is 0.0306. The van der Waals surface area contributed by atoms with E-state index in [1.54, 1.807) is 0 Å². The van der Waals surface area contributed by atoms with E-state index in [1.165, 1.54) is 18.2 Å². The molecule has 1 aliphatic heterocycles. The Bertz CT molecular complexity index is 530. The highest BCUT2D eigenvalue weighted by Crippen LogP contribution is 2.34. The molecule has 2 atom stereocenters. The fourth-order valence-corrected chi connectivity index (χ4v) is 4.38. The van der Waals surface area contributed by atoms with Gasteiger partial charge in [0.1, 0.15) is 5.82 Å². The van der Waals surface area contributed by atoms with Gasteiger partial charge < -0.3 is 5.11 Å². The minimum atomic E-state index is -3.04. The van der Waals surface area contributed by atoms with Crippen molar-refractivity contribution in [2.75, 3.05) is 11.5 Å². The van der Waals surface area contributed by atoms with Crippen molar-refractivity contribution in [3.05, 3.63) is 34.1 Å². The standard InChI is InChI=1S/C11H12BrFO3S/c12-10-2-1-8(13)5-9(10)11(14)7-3-4-17(15,16)6-7/h1-2,5,7,11,14H,3-4,6H2. The summed E-state index contributed by atoms with van der Waals surface area (Å²) >= 11 is 3.23. The van der Waals surface area contributed by atoms with Gasteiger partial charge in [-0.15, -0.1) is 0 Å². The van der Waals surface area contributed by atoms with Crippen molar-refractivity contribution in [1.82, 2.24) is 0 Å². The van der Waals surface area contributed by atoms with Gasteiger partial charge >= 0.3 is 0 Å². The second kappa shape index (κ2) is 4.66. The molecule has 1 fully saturated rings. The van der Waals surface area contributed by atoms with E-state index < -0.39 is 21.8 Å². The molecule has 2 rings (SSSR count). The van der Waals surface area contributed by atoms with Crippen LogP contribution in [0.2, 0.25) is 0 Å². The fraction of sp³-hybridized carbons (Fsp3) is 0.455. The van der Waals surface area contributed by atoms with E-state index in [2.05, 4.69) is 15.9 Å². The smallest absolute Gasteiger partial charge is 0.150 e. The number of rotatable bonds is 2. The maximum absolute atomic E-state index is 13.1. The predicted octanol–water partition coefficient (Wildman–Crippen LogP) is 2.06. The summed E-state index contributed by atoms with van der Waals surface area (Å²) < 4.78 is 36.4. The number of halogens is 2. The molecule has 1 aromatic rings. The predicted molar refractivity (Wildman–Crippen MR) is 65.8 cm³/mol. The summed E-state index contributed by atoms with van der Waals surface area (Å²) in [4.78, 5) is 0. The van der Waals surface area contributed by atoms with Crippen molar-refractivity contribution in [2.24, 2.45) is 5.92 Å². The molecule has 3 nitrogen and oxygen atoms in total. The molecule has 1 heterocycles. The maximum atomic E-state index is 13.1. The zero-order valence-corrected chi connectivity index (χ0v) is 11.3. The first-order valence-corrected chi connectivity index (χ1v) is 7.84. The molecule has 2 unspecified atom stereocenters. The van der Waals surface area contributed by atoms with Gasteiger partial charge in [0.15, 0.2) is 9.84 Å². The van der Waals surface area contributed by atoms with Gasteiger partial charge in [-0.3, -0.25) is 0 Å². The Morgan fingerprint density at radius 2 is 2.18 bits per heavy atom. The first-order valence-electron chi connectivity index (χ1n) is 5.22. The van der Waals surface area contributed by atoms with Crippen molar-refractivity contribution < 1.29 is 17.9 Å². The van der Waals surface area contributed by atoms with Crippen LogP contribution in [0.5, 0.6) is 0 Å². The molecule has 94 valence electrons. The lowest BCUT2D eigenvalue weighted by molar-refractivity contribution is 0.120. The summed E-state index contributed by atoms with van der Waals surface area (Å²) in [6, 6.07) is 4.03. The molecule has 0 amide bonds. The Hall–Kier alpha value is -0.460. The first-order chi connectivity index (χ1) is 7.89. The normalized spacial score (nSPS) is 24.8. The maximum Gasteiger partial charge on any atom is 0.150 e. The summed E-state index contributed by atoms with van der Waals surface area (Å²) in [7, 11) is -3.04. The summed E-state index contributed by atoms with van der Waals surface area (Å²) in [5.74, 6) is -0.722. The Morgan fingerprint density at radius 3 is 2.76 bits per heavy atom. The third-order valence-corrected chi connectivity index (χ3v) is 5.51. The second-order valence-corrected chi connectivity index (χ2v) is 7.36. The van der Waals surface area contributed by atoms with E-state index in [1.807, 2.05) is 0 Å². The number of hydrogen-bond acceptors (Lipinski definition) is 3. The molecule has 1 saturated heterocycles. The van der Waals surface area contributed by atoms with Gasteiger partial charge in [-0.25, -0.2) is 12.8 Å². The highest BCUT2D eigenvalue weighted by atomic mass is 79.9. The lowest BCUT2D eigenvalue weighted by Crippen LogP contribution is -2.15. The number of benzene rings is 1. The third-order valence-electron chi connectivity index (χ3n) is 2.99. The van der Waals surface area contributed by atoms with E-state index in [9.17, 15) is 17.9 Å². The molecular weight excluding hydrogens is 311 g/mol. The van der Waals surface area contributed by atoms with Crippen LogP contribution in [0.4, 0.5) is 4.39 Å². The zero-order chi connectivity index (χ0) is 12.6. The molecule has 17 heavy (non-hydrogen) atoms.